The number of piperazine rings is 1. The van der Waals surface area contributed by atoms with E-state index >= 15 is 0 Å². The summed E-state index contributed by atoms with van der Waals surface area (Å²) in [6.45, 7) is 9.66. The van der Waals surface area contributed by atoms with Gasteiger partial charge in [0.15, 0.2) is 6.61 Å². The lowest BCUT2D eigenvalue weighted by Gasteiger charge is -2.36. The summed E-state index contributed by atoms with van der Waals surface area (Å²) in [5.41, 5.74) is 1.47. The molecular formula is C26H32N4O2S. The number of carbonyl (C=O) groups excluding carboxylic acids is 1. The lowest BCUT2D eigenvalue weighted by molar-refractivity contribution is -0.133. The van der Waals surface area contributed by atoms with Gasteiger partial charge in [-0.2, -0.15) is 0 Å². The Morgan fingerprint density at radius 1 is 1.15 bits per heavy atom. The van der Waals surface area contributed by atoms with Crippen molar-refractivity contribution in [3.8, 4) is 5.75 Å². The third kappa shape index (κ3) is 4.56. The van der Waals surface area contributed by atoms with Crippen molar-refractivity contribution in [2.75, 3.05) is 37.7 Å². The van der Waals surface area contributed by atoms with Gasteiger partial charge >= 0.3 is 0 Å². The smallest absolute Gasteiger partial charge is 0.260 e. The van der Waals surface area contributed by atoms with Gasteiger partial charge in [-0.15, -0.1) is 11.3 Å². The Balaban J connectivity index is 1.34. The van der Waals surface area contributed by atoms with Crippen LogP contribution in [-0.4, -0.2) is 53.6 Å². The maximum atomic E-state index is 12.7. The van der Waals surface area contributed by atoms with E-state index in [1.165, 1.54) is 22.2 Å². The third-order valence-electron chi connectivity index (χ3n) is 6.71. The molecule has 1 atom stereocenters. The topological polar surface area (TPSA) is 58.6 Å². The van der Waals surface area contributed by atoms with Gasteiger partial charge in [0, 0.05) is 37.0 Å². The van der Waals surface area contributed by atoms with E-state index in [9.17, 15) is 4.79 Å². The number of hydrogen-bond acceptors (Lipinski definition) is 6. The fraction of sp³-hybridized carbons (Fsp3) is 0.500. The molecule has 7 heteroatoms. The zero-order chi connectivity index (χ0) is 22.9. The number of benzene rings is 1. The highest BCUT2D eigenvalue weighted by Crippen LogP contribution is 2.41. The van der Waals surface area contributed by atoms with Gasteiger partial charge in [-0.05, 0) is 42.9 Å². The summed E-state index contributed by atoms with van der Waals surface area (Å²) in [4.78, 5) is 29.6. The SMILES string of the molecule is CC1CCc2c(sc3nc(C(C)C)nc(N4CCN(C(=O)COc5ccccc5)CC4)c23)C1. The fourth-order valence-electron chi connectivity index (χ4n) is 4.75. The molecule has 1 aliphatic carbocycles. The van der Waals surface area contributed by atoms with Crippen LogP contribution in [0.4, 0.5) is 5.82 Å². The van der Waals surface area contributed by atoms with E-state index in [0.717, 1.165) is 54.1 Å². The molecule has 3 heterocycles. The second kappa shape index (κ2) is 9.29. The van der Waals surface area contributed by atoms with Gasteiger partial charge in [-0.25, -0.2) is 9.97 Å². The molecule has 2 aromatic heterocycles. The number of fused-ring (bicyclic) bond motifs is 3. The van der Waals surface area contributed by atoms with Crippen LogP contribution in [0.15, 0.2) is 30.3 Å². The predicted octanol–water partition coefficient (Wildman–Crippen LogP) is 4.67. The first-order valence-electron chi connectivity index (χ1n) is 12.0. The van der Waals surface area contributed by atoms with Gasteiger partial charge in [0.05, 0.1) is 5.39 Å². The van der Waals surface area contributed by atoms with Crippen LogP contribution < -0.4 is 9.64 Å². The van der Waals surface area contributed by atoms with Crippen molar-refractivity contribution in [3.63, 3.8) is 0 Å². The summed E-state index contributed by atoms with van der Waals surface area (Å²) >= 11 is 1.86. The highest BCUT2D eigenvalue weighted by Gasteiger charge is 2.29. The minimum absolute atomic E-state index is 0.0381. The second-order valence-corrected chi connectivity index (χ2v) is 10.6. The summed E-state index contributed by atoms with van der Waals surface area (Å²) in [6, 6.07) is 9.51. The zero-order valence-corrected chi connectivity index (χ0v) is 20.5. The minimum atomic E-state index is 0.0381. The van der Waals surface area contributed by atoms with Crippen molar-refractivity contribution in [2.24, 2.45) is 5.92 Å². The van der Waals surface area contributed by atoms with Crippen molar-refractivity contribution < 1.29 is 9.53 Å². The molecule has 0 bridgehead atoms. The maximum Gasteiger partial charge on any atom is 0.260 e. The number of anilines is 1. The first kappa shape index (κ1) is 22.1. The van der Waals surface area contributed by atoms with E-state index in [-0.39, 0.29) is 18.4 Å². The van der Waals surface area contributed by atoms with Crippen LogP contribution >= 0.6 is 11.3 Å². The van der Waals surface area contributed by atoms with Crippen molar-refractivity contribution in [3.05, 3.63) is 46.6 Å². The number of aryl methyl sites for hydroxylation is 1. The quantitative estimate of drug-likeness (QED) is 0.549. The standard InChI is InChI=1S/C26H32N4O2S/c1-17(2)24-27-25(23-20-10-9-18(3)15-21(20)33-26(23)28-24)30-13-11-29(12-14-30)22(31)16-32-19-7-5-4-6-8-19/h4-8,17-18H,9-16H2,1-3H3. The van der Waals surface area contributed by atoms with Crippen LogP contribution in [-0.2, 0) is 17.6 Å². The monoisotopic (exact) mass is 464 g/mol. The maximum absolute atomic E-state index is 12.7. The summed E-state index contributed by atoms with van der Waals surface area (Å²) in [7, 11) is 0. The Morgan fingerprint density at radius 3 is 2.64 bits per heavy atom. The molecule has 33 heavy (non-hydrogen) atoms. The number of carbonyl (C=O) groups is 1. The van der Waals surface area contributed by atoms with E-state index in [0.29, 0.717) is 13.1 Å². The van der Waals surface area contributed by atoms with Crippen molar-refractivity contribution in [1.29, 1.82) is 0 Å². The normalized spacial score (nSPS) is 18.6. The van der Waals surface area contributed by atoms with Gasteiger partial charge < -0.3 is 14.5 Å². The highest BCUT2D eigenvalue weighted by atomic mass is 32.1. The number of nitrogens with zero attached hydrogens (tertiary/aromatic N) is 4. The molecular weight excluding hydrogens is 432 g/mol. The Morgan fingerprint density at radius 2 is 1.91 bits per heavy atom. The number of para-hydroxylation sites is 1. The molecule has 1 amide bonds. The average Bonchev–Trinajstić information content (AvgIpc) is 3.20. The van der Waals surface area contributed by atoms with Gasteiger partial charge in [0.1, 0.15) is 22.2 Å². The van der Waals surface area contributed by atoms with Crippen LogP contribution in [0.3, 0.4) is 0 Å². The molecule has 0 N–H and O–H groups in total. The summed E-state index contributed by atoms with van der Waals surface area (Å²) in [5, 5.41) is 1.26. The van der Waals surface area contributed by atoms with Crippen LogP contribution in [0.2, 0.25) is 0 Å². The summed E-state index contributed by atoms with van der Waals surface area (Å²) in [6.07, 6.45) is 3.49. The largest absolute Gasteiger partial charge is 0.484 e. The van der Waals surface area contributed by atoms with E-state index < -0.39 is 0 Å². The van der Waals surface area contributed by atoms with Crippen LogP contribution in [0.1, 0.15) is 49.4 Å². The number of thiophene rings is 1. The molecule has 1 unspecified atom stereocenters. The fourth-order valence-corrected chi connectivity index (χ4v) is 6.13. The molecule has 5 rings (SSSR count). The van der Waals surface area contributed by atoms with Crippen LogP contribution in [0.5, 0.6) is 5.75 Å². The van der Waals surface area contributed by atoms with E-state index in [1.807, 2.05) is 46.6 Å². The second-order valence-electron chi connectivity index (χ2n) is 9.56. The molecule has 1 aliphatic heterocycles. The molecule has 0 radical (unpaired) electrons. The highest BCUT2D eigenvalue weighted by molar-refractivity contribution is 7.19. The minimum Gasteiger partial charge on any atom is -0.484 e. The number of amides is 1. The molecule has 3 aromatic rings. The number of aromatic nitrogens is 2. The van der Waals surface area contributed by atoms with Gasteiger partial charge in [-0.1, -0.05) is 39.0 Å². The van der Waals surface area contributed by atoms with E-state index in [1.54, 1.807) is 0 Å². The number of rotatable bonds is 5. The Hall–Kier alpha value is -2.67. The lowest BCUT2D eigenvalue weighted by atomic mass is 9.89. The van der Waals surface area contributed by atoms with Crippen LogP contribution in [0.25, 0.3) is 10.2 Å². The molecule has 0 saturated carbocycles. The van der Waals surface area contributed by atoms with Crippen LogP contribution in [0, 0.1) is 5.92 Å². The number of ether oxygens (including phenoxy) is 1. The van der Waals surface area contributed by atoms with Crippen molar-refractivity contribution in [2.45, 2.75) is 46.0 Å². The lowest BCUT2D eigenvalue weighted by Crippen LogP contribution is -2.50. The summed E-state index contributed by atoms with van der Waals surface area (Å²) < 4.78 is 5.67. The van der Waals surface area contributed by atoms with E-state index in [2.05, 4.69) is 25.7 Å². The zero-order valence-electron chi connectivity index (χ0n) is 19.7. The third-order valence-corrected chi connectivity index (χ3v) is 7.86. The number of hydrogen-bond donors (Lipinski definition) is 0. The molecule has 0 spiro atoms. The van der Waals surface area contributed by atoms with E-state index in [4.69, 9.17) is 14.7 Å². The van der Waals surface area contributed by atoms with Gasteiger partial charge in [0.25, 0.3) is 5.91 Å². The van der Waals surface area contributed by atoms with Gasteiger partial charge in [0.2, 0.25) is 0 Å². The molecule has 1 aromatic carbocycles. The van der Waals surface area contributed by atoms with Gasteiger partial charge in [-0.3, -0.25) is 4.79 Å². The molecule has 6 nitrogen and oxygen atoms in total. The Kier molecular flexibility index (Phi) is 6.23. The first-order chi connectivity index (χ1) is 16.0. The molecule has 2 aliphatic rings. The van der Waals surface area contributed by atoms with Crippen molar-refractivity contribution >= 4 is 33.3 Å². The Bertz CT molecular complexity index is 1140. The Labute approximate surface area is 199 Å². The average molecular weight is 465 g/mol. The predicted molar refractivity (Wildman–Crippen MR) is 133 cm³/mol. The van der Waals surface area contributed by atoms with Crippen molar-refractivity contribution in [1.82, 2.24) is 14.9 Å². The molecule has 1 saturated heterocycles. The summed E-state index contributed by atoms with van der Waals surface area (Å²) in [5.74, 6) is 3.77. The molecule has 174 valence electrons. The molecule has 1 fully saturated rings. The first-order valence-corrected chi connectivity index (χ1v) is 12.8.